The van der Waals surface area contributed by atoms with Crippen LogP contribution in [0.4, 0.5) is 0 Å². The van der Waals surface area contributed by atoms with Gasteiger partial charge in [-0.15, -0.1) is 0 Å². The van der Waals surface area contributed by atoms with E-state index in [0.717, 1.165) is 22.9 Å². The second kappa shape index (κ2) is 6.76. The predicted molar refractivity (Wildman–Crippen MR) is 79.9 cm³/mol. The molecule has 1 atom stereocenters. The van der Waals surface area contributed by atoms with Gasteiger partial charge in [-0.1, -0.05) is 36.0 Å². The number of carbonyl (C=O) groups is 3. The van der Waals surface area contributed by atoms with Crippen LogP contribution in [0.2, 0.25) is 0 Å². The smallest absolute Gasteiger partial charge is 0.326 e. The van der Waals surface area contributed by atoms with Gasteiger partial charge < -0.3 is 10.0 Å². The number of amides is 1. The van der Waals surface area contributed by atoms with Crippen molar-refractivity contribution >= 4 is 28.8 Å². The number of thioether (sulfide) groups is 1. The predicted octanol–water partition coefficient (Wildman–Crippen LogP) is 1.69. The number of aliphatic carboxylic acids is 1. The molecule has 0 spiro atoms. The Morgan fingerprint density at radius 2 is 1.95 bits per heavy atom. The molecule has 0 bridgehead atoms. The Labute approximate surface area is 127 Å². The van der Waals surface area contributed by atoms with E-state index in [0.29, 0.717) is 18.7 Å². The molecule has 1 amide bonds. The summed E-state index contributed by atoms with van der Waals surface area (Å²) in [5.41, 5.74) is 1.97. The Hall–Kier alpha value is -1.82. The fourth-order valence-corrected chi connectivity index (χ4v) is 3.00. The number of nitrogens with zero attached hydrogens (tertiary/aromatic N) is 1. The average molecular weight is 307 g/mol. The Morgan fingerprint density at radius 1 is 1.29 bits per heavy atom. The van der Waals surface area contributed by atoms with E-state index in [-0.39, 0.29) is 17.4 Å². The van der Waals surface area contributed by atoms with Crippen LogP contribution in [0, 0.1) is 0 Å². The second-order valence-corrected chi connectivity index (χ2v) is 6.21. The SMILES string of the molecule is CC(=O)SCCC(=O)N1Cc2ccccc2CC1C(=O)O. The molecule has 0 fully saturated rings. The molecule has 6 heteroatoms. The third kappa shape index (κ3) is 3.85. The normalized spacial score (nSPS) is 17.2. The van der Waals surface area contributed by atoms with Gasteiger partial charge >= 0.3 is 5.97 Å². The third-order valence-electron chi connectivity index (χ3n) is 3.48. The molecule has 112 valence electrons. The molecule has 2 rings (SSSR count). The zero-order chi connectivity index (χ0) is 15.4. The quantitative estimate of drug-likeness (QED) is 0.916. The number of benzene rings is 1. The van der Waals surface area contributed by atoms with Crippen LogP contribution in [0.25, 0.3) is 0 Å². The summed E-state index contributed by atoms with van der Waals surface area (Å²) < 4.78 is 0. The first-order valence-corrected chi connectivity index (χ1v) is 7.70. The minimum Gasteiger partial charge on any atom is -0.480 e. The van der Waals surface area contributed by atoms with Crippen molar-refractivity contribution in [1.82, 2.24) is 4.90 Å². The van der Waals surface area contributed by atoms with Crippen molar-refractivity contribution in [2.24, 2.45) is 0 Å². The Morgan fingerprint density at radius 3 is 2.57 bits per heavy atom. The van der Waals surface area contributed by atoms with Crippen molar-refractivity contribution < 1.29 is 19.5 Å². The van der Waals surface area contributed by atoms with E-state index in [9.17, 15) is 19.5 Å². The fourth-order valence-electron chi connectivity index (χ4n) is 2.43. The van der Waals surface area contributed by atoms with Gasteiger partial charge in [-0.05, 0) is 11.1 Å². The van der Waals surface area contributed by atoms with E-state index < -0.39 is 12.0 Å². The number of hydrogen-bond donors (Lipinski definition) is 1. The average Bonchev–Trinajstić information content (AvgIpc) is 2.45. The number of carbonyl (C=O) groups excluding carboxylic acids is 2. The molecule has 21 heavy (non-hydrogen) atoms. The van der Waals surface area contributed by atoms with Crippen molar-refractivity contribution in [2.75, 3.05) is 5.75 Å². The number of rotatable bonds is 4. The molecule has 0 radical (unpaired) electrons. The first-order chi connectivity index (χ1) is 9.99. The monoisotopic (exact) mass is 307 g/mol. The lowest BCUT2D eigenvalue weighted by Crippen LogP contribution is -2.48. The fraction of sp³-hybridized carbons (Fsp3) is 0.400. The van der Waals surface area contributed by atoms with E-state index in [1.807, 2.05) is 24.3 Å². The van der Waals surface area contributed by atoms with Crippen LogP contribution in [-0.2, 0) is 27.3 Å². The van der Waals surface area contributed by atoms with E-state index >= 15 is 0 Å². The molecule has 1 unspecified atom stereocenters. The van der Waals surface area contributed by atoms with Crippen LogP contribution in [0.3, 0.4) is 0 Å². The summed E-state index contributed by atoms with van der Waals surface area (Å²) >= 11 is 1.08. The molecule has 1 heterocycles. The van der Waals surface area contributed by atoms with Gasteiger partial charge in [0.2, 0.25) is 5.91 Å². The standard InChI is InChI=1S/C15H17NO4S/c1-10(17)21-7-6-14(18)16-9-12-5-3-2-4-11(12)8-13(16)15(19)20/h2-5,13H,6-9H2,1H3,(H,19,20). The highest BCUT2D eigenvalue weighted by atomic mass is 32.2. The first kappa shape index (κ1) is 15.6. The summed E-state index contributed by atoms with van der Waals surface area (Å²) in [7, 11) is 0. The van der Waals surface area contributed by atoms with Crippen molar-refractivity contribution in [3.63, 3.8) is 0 Å². The van der Waals surface area contributed by atoms with Gasteiger partial charge in [0.1, 0.15) is 6.04 Å². The summed E-state index contributed by atoms with van der Waals surface area (Å²) in [5.74, 6) is -0.818. The van der Waals surface area contributed by atoms with Crippen molar-refractivity contribution in [3.8, 4) is 0 Å². The molecular weight excluding hydrogens is 290 g/mol. The third-order valence-corrected chi connectivity index (χ3v) is 4.29. The summed E-state index contributed by atoms with van der Waals surface area (Å²) in [6.07, 6.45) is 0.507. The molecule has 1 aromatic rings. The van der Waals surface area contributed by atoms with Crippen LogP contribution >= 0.6 is 11.8 Å². The van der Waals surface area contributed by atoms with Crippen LogP contribution in [0.1, 0.15) is 24.5 Å². The molecule has 0 saturated carbocycles. The molecule has 1 aliphatic heterocycles. The van der Waals surface area contributed by atoms with Gasteiger partial charge in [0.15, 0.2) is 5.12 Å². The molecular formula is C15H17NO4S. The molecule has 1 aliphatic rings. The summed E-state index contributed by atoms with van der Waals surface area (Å²) in [6, 6.07) is 6.75. The van der Waals surface area contributed by atoms with Crippen LogP contribution in [0.5, 0.6) is 0 Å². The van der Waals surface area contributed by atoms with Crippen molar-refractivity contribution in [1.29, 1.82) is 0 Å². The Bertz CT molecular complexity index is 573. The van der Waals surface area contributed by atoms with E-state index in [4.69, 9.17) is 0 Å². The van der Waals surface area contributed by atoms with Gasteiger partial charge in [-0.25, -0.2) is 4.79 Å². The molecule has 5 nitrogen and oxygen atoms in total. The van der Waals surface area contributed by atoms with Crippen LogP contribution < -0.4 is 0 Å². The van der Waals surface area contributed by atoms with Gasteiger partial charge in [-0.3, -0.25) is 9.59 Å². The van der Waals surface area contributed by atoms with E-state index in [1.165, 1.54) is 11.8 Å². The lowest BCUT2D eigenvalue weighted by atomic mass is 9.94. The molecule has 0 aliphatic carbocycles. The van der Waals surface area contributed by atoms with Gasteiger partial charge in [0, 0.05) is 32.1 Å². The number of hydrogen-bond acceptors (Lipinski definition) is 4. The first-order valence-electron chi connectivity index (χ1n) is 6.71. The van der Waals surface area contributed by atoms with Gasteiger partial charge in [0.05, 0.1) is 0 Å². The maximum absolute atomic E-state index is 12.2. The minimum atomic E-state index is -0.989. The lowest BCUT2D eigenvalue weighted by Gasteiger charge is -2.34. The topological polar surface area (TPSA) is 74.7 Å². The van der Waals surface area contributed by atoms with Gasteiger partial charge in [0.25, 0.3) is 0 Å². The Balaban J connectivity index is 2.11. The van der Waals surface area contributed by atoms with Crippen LogP contribution in [0.15, 0.2) is 24.3 Å². The lowest BCUT2D eigenvalue weighted by molar-refractivity contribution is -0.151. The van der Waals surface area contributed by atoms with E-state index in [1.54, 1.807) is 0 Å². The minimum absolute atomic E-state index is 0.0402. The van der Waals surface area contributed by atoms with E-state index in [2.05, 4.69) is 0 Å². The highest BCUT2D eigenvalue weighted by Crippen LogP contribution is 2.24. The number of carboxylic acids is 1. The molecule has 1 N–H and O–H groups in total. The van der Waals surface area contributed by atoms with Gasteiger partial charge in [-0.2, -0.15) is 0 Å². The van der Waals surface area contributed by atoms with Crippen LogP contribution in [-0.4, -0.2) is 38.8 Å². The number of fused-ring (bicyclic) bond motifs is 1. The summed E-state index contributed by atoms with van der Waals surface area (Å²) in [5, 5.41) is 9.30. The second-order valence-electron chi connectivity index (χ2n) is 4.94. The van der Waals surface area contributed by atoms with Crippen molar-refractivity contribution in [3.05, 3.63) is 35.4 Å². The molecule has 1 aromatic carbocycles. The highest BCUT2D eigenvalue weighted by molar-refractivity contribution is 8.13. The Kier molecular flexibility index (Phi) is 5.01. The zero-order valence-electron chi connectivity index (χ0n) is 11.7. The molecule has 0 aromatic heterocycles. The maximum Gasteiger partial charge on any atom is 0.326 e. The summed E-state index contributed by atoms with van der Waals surface area (Å²) in [4.78, 5) is 35.9. The largest absolute Gasteiger partial charge is 0.480 e. The maximum atomic E-state index is 12.2. The summed E-state index contributed by atoms with van der Waals surface area (Å²) in [6.45, 7) is 1.77. The number of carboxylic acid groups (broad SMARTS) is 1. The van der Waals surface area contributed by atoms with Crippen molar-refractivity contribution in [2.45, 2.75) is 32.4 Å². The highest BCUT2D eigenvalue weighted by Gasteiger charge is 2.33. The zero-order valence-corrected chi connectivity index (χ0v) is 12.6. The molecule has 0 saturated heterocycles.